The average molecular weight is 394 g/mol. The van der Waals surface area contributed by atoms with Gasteiger partial charge >= 0.3 is 6.09 Å². The molecule has 1 aliphatic rings. The van der Waals surface area contributed by atoms with Crippen LogP contribution in [0, 0.1) is 5.92 Å². The van der Waals surface area contributed by atoms with Crippen LogP contribution in [0.4, 0.5) is 10.6 Å². The van der Waals surface area contributed by atoms with Crippen LogP contribution < -0.4 is 11.1 Å². The number of nitrogens with zero attached hydrogens (tertiary/aromatic N) is 4. The van der Waals surface area contributed by atoms with Gasteiger partial charge in [-0.05, 0) is 23.6 Å². The van der Waals surface area contributed by atoms with Gasteiger partial charge in [-0.25, -0.2) is 14.3 Å². The minimum Gasteiger partial charge on any atom is -0.447 e. The zero-order valence-electron chi connectivity index (χ0n) is 16.7. The lowest BCUT2D eigenvalue weighted by Gasteiger charge is -2.24. The van der Waals surface area contributed by atoms with Crippen LogP contribution in [0.3, 0.4) is 0 Å². The van der Waals surface area contributed by atoms with E-state index in [-0.39, 0.29) is 12.1 Å². The summed E-state index contributed by atoms with van der Waals surface area (Å²) >= 11 is 0. The van der Waals surface area contributed by atoms with Gasteiger partial charge in [-0.2, -0.15) is 0 Å². The predicted octanol–water partition coefficient (Wildman–Crippen LogP) is 2.74. The largest absolute Gasteiger partial charge is 0.447 e. The van der Waals surface area contributed by atoms with Gasteiger partial charge < -0.3 is 15.8 Å². The molecule has 152 valence electrons. The summed E-state index contributed by atoms with van der Waals surface area (Å²) in [5.74, 6) is 1.08. The van der Waals surface area contributed by atoms with E-state index >= 15 is 0 Å². The maximum absolute atomic E-state index is 12.0. The van der Waals surface area contributed by atoms with Crippen molar-refractivity contribution in [2.24, 2.45) is 11.7 Å². The topological polar surface area (TPSA) is 97.8 Å². The first-order valence-corrected chi connectivity index (χ1v) is 9.88. The second kappa shape index (κ2) is 8.08. The smallest absolute Gasteiger partial charge is 0.410 e. The summed E-state index contributed by atoms with van der Waals surface area (Å²) in [6, 6.07) is 12.0. The average Bonchev–Trinajstić information content (AvgIpc) is 3.31. The van der Waals surface area contributed by atoms with Gasteiger partial charge in [0.05, 0.1) is 17.9 Å². The van der Waals surface area contributed by atoms with Crippen molar-refractivity contribution in [3.63, 3.8) is 0 Å². The molecule has 0 spiro atoms. The van der Waals surface area contributed by atoms with Crippen molar-refractivity contribution in [1.82, 2.24) is 19.5 Å². The molecular weight excluding hydrogens is 368 g/mol. The molecule has 1 atom stereocenters. The molecule has 1 fully saturated rings. The third kappa shape index (κ3) is 3.88. The quantitative estimate of drug-likeness (QED) is 0.639. The van der Waals surface area contributed by atoms with Gasteiger partial charge in [-0.3, -0.25) is 4.90 Å². The molecule has 1 aliphatic heterocycles. The van der Waals surface area contributed by atoms with Gasteiger partial charge in [-0.1, -0.05) is 38.1 Å². The molecular formula is C21H26N6O2. The summed E-state index contributed by atoms with van der Waals surface area (Å²) in [5.41, 5.74) is 9.48. The number of aromatic nitrogens is 3. The molecule has 2 aromatic heterocycles. The minimum atomic E-state index is -0.244. The van der Waals surface area contributed by atoms with Crippen molar-refractivity contribution in [2.75, 3.05) is 25.0 Å². The number of rotatable bonds is 7. The summed E-state index contributed by atoms with van der Waals surface area (Å²) in [4.78, 5) is 18.2. The number of ether oxygens (including phenoxy) is 1. The summed E-state index contributed by atoms with van der Waals surface area (Å²) in [6.07, 6.45) is 1.57. The second-order valence-electron chi connectivity index (χ2n) is 7.54. The van der Waals surface area contributed by atoms with Crippen LogP contribution in [0.2, 0.25) is 0 Å². The van der Waals surface area contributed by atoms with Crippen molar-refractivity contribution in [3.8, 4) is 11.3 Å². The van der Waals surface area contributed by atoms with Crippen molar-refractivity contribution in [3.05, 3.63) is 48.2 Å². The van der Waals surface area contributed by atoms with Crippen LogP contribution in [0.1, 0.15) is 19.4 Å². The number of fused-ring (bicyclic) bond motifs is 1. The molecule has 1 aromatic carbocycles. The molecule has 1 amide bonds. The Morgan fingerprint density at radius 3 is 2.76 bits per heavy atom. The Morgan fingerprint density at radius 2 is 2.03 bits per heavy atom. The molecule has 0 saturated carbocycles. The number of imidazole rings is 1. The number of benzene rings is 1. The van der Waals surface area contributed by atoms with Crippen molar-refractivity contribution in [1.29, 1.82) is 0 Å². The van der Waals surface area contributed by atoms with Gasteiger partial charge in [0, 0.05) is 25.2 Å². The summed E-state index contributed by atoms with van der Waals surface area (Å²) in [5, 5.41) is 7.98. The molecule has 1 saturated heterocycles. The highest BCUT2D eigenvalue weighted by atomic mass is 16.6. The molecule has 3 aromatic rings. The van der Waals surface area contributed by atoms with Gasteiger partial charge in [0.15, 0.2) is 5.65 Å². The minimum absolute atomic E-state index is 0.122. The molecule has 8 heteroatoms. The predicted molar refractivity (Wildman–Crippen MR) is 111 cm³/mol. The molecule has 4 rings (SSSR count). The van der Waals surface area contributed by atoms with Crippen molar-refractivity contribution in [2.45, 2.75) is 26.4 Å². The number of hydrogen-bond acceptors (Lipinski definition) is 6. The number of carbonyl (C=O) groups excluding carboxylic acids is 1. The van der Waals surface area contributed by atoms with Crippen LogP contribution in [0.15, 0.2) is 42.6 Å². The molecule has 0 bridgehead atoms. The van der Waals surface area contributed by atoms with E-state index in [1.165, 1.54) is 0 Å². The highest BCUT2D eigenvalue weighted by molar-refractivity contribution is 5.70. The number of nitrogens with one attached hydrogen (secondary N) is 1. The second-order valence-corrected chi connectivity index (χ2v) is 7.54. The number of anilines is 1. The first-order valence-electron chi connectivity index (χ1n) is 9.88. The Bertz CT molecular complexity index is 998. The van der Waals surface area contributed by atoms with E-state index in [0.717, 1.165) is 28.3 Å². The van der Waals surface area contributed by atoms with Gasteiger partial charge in [0.25, 0.3) is 0 Å². The zero-order chi connectivity index (χ0) is 20.4. The summed E-state index contributed by atoms with van der Waals surface area (Å²) in [6.45, 7) is 6.33. The lowest BCUT2D eigenvalue weighted by molar-refractivity contribution is 0.158. The van der Waals surface area contributed by atoms with Gasteiger partial charge in [0.1, 0.15) is 12.4 Å². The van der Waals surface area contributed by atoms with E-state index in [1.807, 2.05) is 47.1 Å². The molecule has 29 heavy (non-hydrogen) atoms. The van der Waals surface area contributed by atoms with E-state index in [0.29, 0.717) is 32.2 Å². The first-order chi connectivity index (χ1) is 14.1. The molecule has 0 aliphatic carbocycles. The maximum atomic E-state index is 12.0. The Kier molecular flexibility index (Phi) is 5.35. The fourth-order valence-corrected chi connectivity index (χ4v) is 3.55. The van der Waals surface area contributed by atoms with Crippen LogP contribution in [-0.4, -0.2) is 51.3 Å². The molecule has 8 nitrogen and oxygen atoms in total. The van der Waals surface area contributed by atoms with E-state index in [1.54, 1.807) is 4.90 Å². The fraction of sp³-hybridized carbons (Fsp3) is 0.381. The third-order valence-electron chi connectivity index (χ3n) is 5.29. The molecule has 0 radical (unpaired) electrons. The first kappa shape index (κ1) is 19.2. The lowest BCUT2D eigenvalue weighted by Crippen LogP contribution is -2.40. The number of hydrogen-bond donors (Lipinski definition) is 2. The van der Waals surface area contributed by atoms with Crippen LogP contribution in [-0.2, 0) is 11.3 Å². The summed E-state index contributed by atoms with van der Waals surface area (Å²) in [7, 11) is 0. The molecule has 3 N–H and O–H groups in total. The van der Waals surface area contributed by atoms with Crippen molar-refractivity contribution < 1.29 is 9.53 Å². The summed E-state index contributed by atoms with van der Waals surface area (Å²) < 4.78 is 7.01. The number of carbonyl (C=O) groups is 1. The highest BCUT2D eigenvalue weighted by Gasteiger charge is 2.34. The standard InChI is InChI=1S/C21H26N6O2/c1-14(2)18-13-29-21(28)26(18)10-9-23-19-7-8-20-24-12-17(27(20)25-19)16-5-3-15(11-22)4-6-16/h3-8,12,14,18H,9-11,13,22H2,1-2H3,(H,23,25)/t18-/m0/s1. The van der Waals surface area contributed by atoms with Crippen molar-refractivity contribution >= 4 is 17.6 Å². The molecule has 3 heterocycles. The van der Waals surface area contributed by atoms with E-state index in [2.05, 4.69) is 29.2 Å². The Morgan fingerprint density at radius 1 is 1.24 bits per heavy atom. The normalized spacial score (nSPS) is 16.6. The SMILES string of the molecule is CC(C)[C@@H]1COC(=O)N1CCNc1ccc2ncc(-c3ccc(CN)cc3)n2n1. The van der Waals surface area contributed by atoms with E-state index in [9.17, 15) is 4.79 Å². The third-order valence-corrected chi connectivity index (χ3v) is 5.29. The van der Waals surface area contributed by atoms with E-state index < -0.39 is 0 Å². The van der Waals surface area contributed by atoms with Crippen LogP contribution in [0.5, 0.6) is 0 Å². The highest BCUT2D eigenvalue weighted by Crippen LogP contribution is 2.22. The van der Waals surface area contributed by atoms with Gasteiger partial charge in [-0.15, -0.1) is 5.10 Å². The Hall–Kier alpha value is -3.13. The Labute approximate surface area is 169 Å². The van der Waals surface area contributed by atoms with Crippen LogP contribution >= 0.6 is 0 Å². The Balaban J connectivity index is 1.48. The zero-order valence-corrected chi connectivity index (χ0v) is 16.7. The van der Waals surface area contributed by atoms with Gasteiger partial charge in [0.2, 0.25) is 0 Å². The molecule has 0 unspecified atom stereocenters. The number of nitrogens with two attached hydrogens (primary N) is 1. The lowest BCUT2D eigenvalue weighted by atomic mass is 10.0. The maximum Gasteiger partial charge on any atom is 0.410 e. The van der Waals surface area contributed by atoms with E-state index in [4.69, 9.17) is 10.5 Å². The number of cyclic esters (lactones) is 1. The van der Waals surface area contributed by atoms with Crippen LogP contribution in [0.25, 0.3) is 16.9 Å². The number of amides is 1. The fourth-order valence-electron chi connectivity index (χ4n) is 3.55. The monoisotopic (exact) mass is 394 g/mol.